The fraction of sp³-hybridized carbons (Fsp3) is 0.381. The van der Waals surface area contributed by atoms with Gasteiger partial charge in [0.15, 0.2) is 5.65 Å². The maximum absolute atomic E-state index is 10.9. The van der Waals surface area contributed by atoms with Gasteiger partial charge in [-0.05, 0) is 65.6 Å². The summed E-state index contributed by atoms with van der Waals surface area (Å²) in [6.07, 6.45) is 1.75. The molecule has 1 aliphatic heterocycles. The number of halogens is 1. The van der Waals surface area contributed by atoms with Crippen LogP contribution in [0, 0.1) is 0 Å². The fourth-order valence-corrected chi connectivity index (χ4v) is 4.03. The molecule has 31 heavy (non-hydrogen) atoms. The Morgan fingerprint density at radius 3 is 2.97 bits per heavy atom. The highest BCUT2D eigenvalue weighted by Gasteiger charge is 2.24. The first-order chi connectivity index (χ1) is 15.0. The molecule has 1 aromatic carbocycles. The van der Waals surface area contributed by atoms with Crippen molar-refractivity contribution in [3.05, 3.63) is 41.0 Å². The van der Waals surface area contributed by atoms with Crippen LogP contribution in [0.15, 0.2) is 41.0 Å². The van der Waals surface area contributed by atoms with Gasteiger partial charge in [0.05, 0.1) is 5.52 Å². The molecule has 0 spiro atoms. The van der Waals surface area contributed by atoms with Crippen molar-refractivity contribution < 1.29 is 19.4 Å². The molecule has 3 heterocycles. The van der Waals surface area contributed by atoms with Gasteiger partial charge in [-0.1, -0.05) is 0 Å². The minimum absolute atomic E-state index is 0.166. The topological polar surface area (TPSA) is 127 Å². The Balaban J connectivity index is 1.29. The van der Waals surface area contributed by atoms with Crippen LogP contribution in [0.4, 0.5) is 4.79 Å². The van der Waals surface area contributed by atoms with Gasteiger partial charge in [-0.2, -0.15) is 0 Å². The van der Waals surface area contributed by atoms with Gasteiger partial charge in [0.1, 0.15) is 30.4 Å². The van der Waals surface area contributed by atoms with E-state index in [1.165, 1.54) is 0 Å². The second-order valence-corrected chi connectivity index (χ2v) is 8.48. The number of aliphatic hydroxyl groups excluding tert-OH is 1. The summed E-state index contributed by atoms with van der Waals surface area (Å²) < 4.78 is 11.7. The normalized spacial score (nSPS) is 18.1. The maximum atomic E-state index is 10.9. The van der Waals surface area contributed by atoms with Gasteiger partial charge in [0, 0.05) is 29.3 Å². The summed E-state index contributed by atoms with van der Waals surface area (Å²) in [7, 11) is 0. The van der Waals surface area contributed by atoms with Crippen molar-refractivity contribution in [2.75, 3.05) is 26.2 Å². The van der Waals surface area contributed by atoms with Crippen molar-refractivity contribution in [1.29, 1.82) is 0 Å². The van der Waals surface area contributed by atoms with Crippen LogP contribution in [0.25, 0.3) is 22.6 Å². The van der Waals surface area contributed by atoms with Gasteiger partial charge >= 0.3 is 6.09 Å². The minimum Gasteiger partial charge on any atom is -0.491 e. The van der Waals surface area contributed by atoms with E-state index < -0.39 is 12.2 Å². The Kier molecular flexibility index (Phi) is 6.69. The van der Waals surface area contributed by atoms with Crippen molar-refractivity contribution in [2.45, 2.75) is 25.0 Å². The number of H-pyrrole nitrogens is 1. The van der Waals surface area contributed by atoms with E-state index in [0.29, 0.717) is 24.5 Å². The molecule has 3 aromatic rings. The first-order valence-corrected chi connectivity index (χ1v) is 10.9. The van der Waals surface area contributed by atoms with E-state index in [1.54, 1.807) is 6.20 Å². The first kappa shape index (κ1) is 21.5. The molecule has 2 atom stereocenters. The van der Waals surface area contributed by atoms with Crippen molar-refractivity contribution in [2.24, 2.45) is 5.73 Å². The van der Waals surface area contributed by atoms with Gasteiger partial charge < -0.3 is 25.3 Å². The van der Waals surface area contributed by atoms with Crippen molar-refractivity contribution in [1.82, 2.24) is 19.9 Å². The van der Waals surface area contributed by atoms with Crippen molar-refractivity contribution in [3.63, 3.8) is 0 Å². The number of nitrogens with two attached hydrogens (primary N) is 1. The maximum Gasteiger partial charge on any atom is 0.404 e. The molecule has 2 unspecified atom stereocenters. The van der Waals surface area contributed by atoms with Gasteiger partial charge in [-0.3, -0.25) is 4.90 Å². The number of aliphatic hydroxyl groups is 1. The zero-order chi connectivity index (χ0) is 21.8. The summed E-state index contributed by atoms with van der Waals surface area (Å²) in [5.74, 6) is 1.39. The van der Waals surface area contributed by atoms with Gasteiger partial charge in [0.25, 0.3) is 0 Å². The summed E-state index contributed by atoms with van der Waals surface area (Å²) in [6.45, 7) is 2.02. The van der Waals surface area contributed by atoms with Gasteiger partial charge in [0.2, 0.25) is 0 Å². The lowest BCUT2D eigenvalue weighted by Crippen LogP contribution is -2.45. The van der Waals surface area contributed by atoms with E-state index >= 15 is 0 Å². The van der Waals surface area contributed by atoms with E-state index in [0.717, 1.165) is 40.8 Å². The lowest BCUT2D eigenvalue weighted by Gasteiger charge is -2.33. The van der Waals surface area contributed by atoms with Crippen LogP contribution < -0.4 is 10.5 Å². The third-order valence-corrected chi connectivity index (χ3v) is 5.52. The van der Waals surface area contributed by atoms with E-state index in [-0.39, 0.29) is 12.7 Å². The molecule has 1 fully saturated rings. The zero-order valence-electron chi connectivity index (χ0n) is 16.8. The van der Waals surface area contributed by atoms with Crippen LogP contribution in [0.1, 0.15) is 12.8 Å². The molecule has 164 valence electrons. The molecular weight excluding hydrogens is 466 g/mol. The molecule has 1 saturated heterocycles. The molecule has 0 bridgehead atoms. The number of imidazole rings is 1. The number of pyridine rings is 1. The highest BCUT2D eigenvalue weighted by Crippen LogP contribution is 2.23. The molecule has 10 heteroatoms. The standard InChI is InChI=1S/C21H24BrN5O4/c22-14-8-18-20(24-9-14)26-19(25-18)13-3-5-16(6-4-13)30-12-15(28)10-27-7-1-2-17(11-27)31-21(23)29/h3-6,8-9,15,17,28H,1-2,7,10-12H2,(H2,23,29)(H,24,25,26). The number of aromatic amines is 1. The summed E-state index contributed by atoms with van der Waals surface area (Å²) in [6, 6.07) is 9.43. The van der Waals surface area contributed by atoms with Crippen LogP contribution in [0.3, 0.4) is 0 Å². The Bertz CT molecular complexity index is 1040. The Morgan fingerprint density at radius 2 is 2.19 bits per heavy atom. The molecule has 2 aromatic heterocycles. The number of nitrogens with zero attached hydrogens (tertiary/aromatic N) is 3. The number of carbonyl (C=O) groups excluding carboxylic acids is 1. The quantitative estimate of drug-likeness (QED) is 0.465. The summed E-state index contributed by atoms with van der Waals surface area (Å²) >= 11 is 3.40. The molecule has 0 saturated carbocycles. The lowest BCUT2D eigenvalue weighted by atomic mass is 10.1. The number of piperidine rings is 1. The number of fused-ring (bicyclic) bond motifs is 1. The summed E-state index contributed by atoms with van der Waals surface area (Å²) in [5.41, 5.74) is 7.52. The number of hydrogen-bond acceptors (Lipinski definition) is 7. The Morgan fingerprint density at radius 1 is 1.39 bits per heavy atom. The number of ether oxygens (including phenoxy) is 2. The zero-order valence-corrected chi connectivity index (χ0v) is 18.4. The highest BCUT2D eigenvalue weighted by atomic mass is 79.9. The number of hydrogen-bond donors (Lipinski definition) is 3. The van der Waals surface area contributed by atoms with E-state index in [9.17, 15) is 9.90 Å². The third-order valence-electron chi connectivity index (χ3n) is 5.09. The van der Waals surface area contributed by atoms with Crippen LogP contribution >= 0.6 is 15.9 Å². The second kappa shape index (κ2) is 9.63. The Labute approximate surface area is 187 Å². The second-order valence-electron chi connectivity index (χ2n) is 7.56. The average molecular weight is 490 g/mol. The first-order valence-electron chi connectivity index (χ1n) is 10.1. The largest absolute Gasteiger partial charge is 0.491 e. The van der Waals surface area contributed by atoms with Crippen LogP contribution in [0.5, 0.6) is 5.75 Å². The van der Waals surface area contributed by atoms with E-state index in [4.69, 9.17) is 15.2 Å². The van der Waals surface area contributed by atoms with E-state index in [1.807, 2.05) is 30.3 Å². The minimum atomic E-state index is -0.758. The highest BCUT2D eigenvalue weighted by molar-refractivity contribution is 9.10. The van der Waals surface area contributed by atoms with E-state index in [2.05, 4.69) is 35.8 Å². The number of rotatable bonds is 7. The molecule has 0 radical (unpaired) electrons. The molecule has 4 rings (SSSR count). The predicted octanol–water partition coefficient (Wildman–Crippen LogP) is 2.69. The summed E-state index contributed by atoms with van der Waals surface area (Å²) in [4.78, 5) is 25.0. The smallest absolute Gasteiger partial charge is 0.404 e. The average Bonchev–Trinajstić information content (AvgIpc) is 3.15. The van der Waals surface area contributed by atoms with Crippen molar-refractivity contribution in [3.8, 4) is 17.1 Å². The molecule has 9 nitrogen and oxygen atoms in total. The number of nitrogens with one attached hydrogen (secondary N) is 1. The number of benzene rings is 1. The van der Waals surface area contributed by atoms with Gasteiger partial charge in [-0.15, -0.1) is 0 Å². The third kappa shape index (κ3) is 5.72. The number of likely N-dealkylation sites (tertiary alicyclic amines) is 1. The number of primary amides is 1. The molecule has 1 amide bonds. The molecule has 0 aliphatic carbocycles. The molecule has 4 N–H and O–H groups in total. The number of carbonyl (C=O) groups is 1. The fourth-order valence-electron chi connectivity index (χ4n) is 3.70. The number of β-amino-alcohol motifs (C(OH)–C–C–N with tert-alkyl or cyclic N) is 1. The monoisotopic (exact) mass is 489 g/mol. The number of aromatic nitrogens is 3. The Hall–Kier alpha value is -2.69. The number of amides is 1. The van der Waals surface area contributed by atoms with Crippen LogP contribution in [-0.2, 0) is 4.74 Å². The summed E-state index contributed by atoms with van der Waals surface area (Å²) in [5, 5.41) is 10.3. The molecular formula is C21H24BrN5O4. The predicted molar refractivity (Wildman–Crippen MR) is 119 cm³/mol. The van der Waals surface area contributed by atoms with Crippen LogP contribution in [-0.4, -0.2) is 69.5 Å². The molecule has 1 aliphatic rings. The SMILES string of the molecule is NC(=O)OC1CCCN(CC(O)COc2ccc(-c3nc4ncc(Br)cc4[nH]3)cc2)C1. The van der Waals surface area contributed by atoms with Crippen LogP contribution in [0.2, 0.25) is 0 Å². The van der Waals surface area contributed by atoms with Crippen molar-refractivity contribution >= 4 is 33.2 Å². The lowest BCUT2D eigenvalue weighted by molar-refractivity contribution is 0.0162. The van der Waals surface area contributed by atoms with Gasteiger partial charge in [-0.25, -0.2) is 14.8 Å².